The van der Waals surface area contributed by atoms with Crippen molar-refractivity contribution >= 4 is 11.9 Å². The molecule has 0 saturated carbocycles. The van der Waals surface area contributed by atoms with Crippen LogP contribution >= 0.6 is 0 Å². The predicted molar refractivity (Wildman–Crippen MR) is 91.7 cm³/mol. The van der Waals surface area contributed by atoms with E-state index in [1.165, 1.54) is 5.56 Å². The number of rotatable bonds is 4. The number of piperidine rings is 1. The van der Waals surface area contributed by atoms with Crippen LogP contribution in [0.15, 0.2) is 53.1 Å². The van der Waals surface area contributed by atoms with Gasteiger partial charge in [0.1, 0.15) is 5.76 Å². The molecule has 1 aromatic heterocycles. The van der Waals surface area contributed by atoms with Gasteiger partial charge in [-0.2, -0.15) is 0 Å². The number of hydrogen-bond donors (Lipinski definition) is 2. The van der Waals surface area contributed by atoms with E-state index in [4.69, 9.17) is 4.42 Å². The molecule has 3 amide bonds. The maximum Gasteiger partial charge on any atom is 0.325 e. The van der Waals surface area contributed by atoms with Crippen LogP contribution in [-0.4, -0.2) is 36.1 Å². The first-order chi connectivity index (χ1) is 12.2. The largest absolute Gasteiger partial charge is 0.469 e. The number of carbonyl (C=O) groups is 2. The number of nitrogens with zero attached hydrogens (tertiary/aromatic N) is 1. The Hall–Kier alpha value is -2.60. The second kappa shape index (κ2) is 6.72. The number of carbonyl (C=O) groups excluding carboxylic acids is 2. The lowest BCUT2D eigenvalue weighted by atomic mass is 9.80. The van der Waals surface area contributed by atoms with Gasteiger partial charge in [0.2, 0.25) is 5.91 Å². The third-order valence-electron chi connectivity index (χ3n) is 5.10. The molecule has 2 N–H and O–H groups in total. The van der Waals surface area contributed by atoms with Crippen molar-refractivity contribution in [3.63, 3.8) is 0 Å². The van der Waals surface area contributed by atoms with Crippen LogP contribution in [0, 0.1) is 5.92 Å². The Morgan fingerprint density at radius 1 is 1.12 bits per heavy atom. The minimum absolute atomic E-state index is 0.0198. The van der Waals surface area contributed by atoms with E-state index in [1.807, 2.05) is 42.5 Å². The van der Waals surface area contributed by atoms with Crippen LogP contribution in [0.5, 0.6) is 0 Å². The quantitative estimate of drug-likeness (QED) is 0.894. The van der Waals surface area contributed by atoms with Crippen LogP contribution in [-0.2, 0) is 11.2 Å². The van der Waals surface area contributed by atoms with Crippen LogP contribution < -0.4 is 10.6 Å². The van der Waals surface area contributed by atoms with E-state index >= 15 is 0 Å². The van der Waals surface area contributed by atoms with Crippen molar-refractivity contribution in [1.82, 2.24) is 15.5 Å². The Morgan fingerprint density at radius 3 is 2.72 bits per heavy atom. The molecule has 1 aromatic carbocycles. The van der Waals surface area contributed by atoms with Crippen molar-refractivity contribution < 1.29 is 14.0 Å². The highest BCUT2D eigenvalue weighted by Gasteiger charge is 2.48. The first-order valence-electron chi connectivity index (χ1n) is 8.66. The maximum absolute atomic E-state index is 12.5. The van der Waals surface area contributed by atoms with Crippen molar-refractivity contribution in [3.8, 4) is 0 Å². The molecule has 4 rings (SSSR count). The molecule has 6 nitrogen and oxygen atoms in total. The fourth-order valence-corrected chi connectivity index (χ4v) is 3.89. The van der Waals surface area contributed by atoms with Crippen molar-refractivity contribution in [2.24, 2.45) is 5.92 Å². The third kappa shape index (κ3) is 3.05. The zero-order chi connectivity index (χ0) is 17.2. The molecule has 3 unspecified atom stereocenters. The molecule has 130 valence electrons. The molecule has 0 bridgehead atoms. The minimum Gasteiger partial charge on any atom is -0.469 e. The molecule has 0 aliphatic carbocycles. The van der Waals surface area contributed by atoms with E-state index in [1.54, 1.807) is 11.2 Å². The Bertz CT molecular complexity index is 745. The first kappa shape index (κ1) is 15.9. The van der Waals surface area contributed by atoms with Crippen molar-refractivity contribution in [2.45, 2.75) is 24.9 Å². The summed E-state index contributed by atoms with van der Waals surface area (Å²) in [6.45, 7) is 1.30. The van der Waals surface area contributed by atoms with E-state index in [0.29, 0.717) is 6.54 Å². The van der Waals surface area contributed by atoms with E-state index in [9.17, 15) is 9.59 Å². The molecular weight excluding hydrogens is 318 g/mol. The average molecular weight is 339 g/mol. The van der Waals surface area contributed by atoms with Crippen molar-refractivity contribution in [2.75, 3.05) is 13.1 Å². The number of imide groups is 1. The van der Waals surface area contributed by atoms with Crippen molar-refractivity contribution in [3.05, 3.63) is 60.1 Å². The second-order valence-corrected chi connectivity index (χ2v) is 6.56. The second-order valence-electron chi connectivity index (χ2n) is 6.56. The number of furan rings is 1. The van der Waals surface area contributed by atoms with Gasteiger partial charge in [-0.15, -0.1) is 0 Å². The molecule has 2 fully saturated rings. The number of fused-ring (bicyclic) bond motifs is 1. The zero-order valence-corrected chi connectivity index (χ0v) is 13.9. The Balaban J connectivity index is 1.55. The smallest absolute Gasteiger partial charge is 0.325 e. The van der Waals surface area contributed by atoms with Gasteiger partial charge in [0, 0.05) is 12.5 Å². The number of hydrogen-bond acceptors (Lipinski definition) is 4. The summed E-state index contributed by atoms with van der Waals surface area (Å²) in [4.78, 5) is 26.7. The van der Waals surface area contributed by atoms with Gasteiger partial charge in [0.15, 0.2) is 0 Å². The first-order valence-corrected chi connectivity index (χ1v) is 8.66. The van der Waals surface area contributed by atoms with Gasteiger partial charge < -0.3 is 9.32 Å². The summed E-state index contributed by atoms with van der Waals surface area (Å²) in [7, 11) is 0. The molecule has 0 radical (unpaired) electrons. The van der Waals surface area contributed by atoms with Crippen LogP contribution in [0.3, 0.4) is 0 Å². The highest BCUT2D eigenvalue weighted by atomic mass is 16.3. The normalized spacial score (nSPS) is 26.2. The average Bonchev–Trinajstić information content (AvgIpc) is 3.16. The standard InChI is InChI=1S/C19H21N3O3/c23-18-16-14(15-7-4-12-25-15)8-10-20-17(16)22(19(24)21-18)11-9-13-5-2-1-3-6-13/h1-7,12,14,16-17,20H,8-11H2,(H,21,23,24). The Kier molecular flexibility index (Phi) is 4.28. The van der Waals surface area contributed by atoms with Crippen LogP contribution in [0.2, 0.25) is 0 Å². The zero-order valence-electron chi connectivity index (χ0n) is 13.9. The summed E-state index contributed by atoms with van der Waals surface area (Å²) < 4.78 is 5.55. The van der Waals surface area contributed by atoms with Gasteiger partial charge in [-0.3, -0.25) is 15.4 Å². The number of amides is 3. The maximum atomic E-state index is 12.5. The predicted octanol–water partition coefficient (Wildman–Crippen LogP) is 2.09. The minimum atomic E-state index is -0.339. The molecule has 6 heteroatoms. The Labute approximate surface area is 146 Å². The van der Waals surface area contributed by atoms with Gasteiger partial charge in [0.25, 0.3) is 0 Å². The molecule has 0 spiro atoms. The Morgan fingerprint density at radius 2 is 1.96 bits per heavy atom. The summed E-state index contributed by atoms with van der Waals surface area (Å²) in [6.07, 6.45) is 2.89. The summed E-state index contributed by atoms with van der Waals surface area (Å²) in [5.74, 6) is 0.227. The van der Waals surface area contributed by atoms with Gasteiger partial charge in [0.05, 0.1) is 18.3 Å². The van der Waals surface area contributed by atoms with E-state index in [0.717, 1.165) is 25.1 Å². The summed E-state index contributed by atoms with van der Waals surface area (Å²) in [5, 5.41) is 5.89. The molecule has 2 aromatic rings. The van der Waals surface area contributed by atoms with Crippen molar-refractivity contribution in [1.29, 1.82) is 0 Å². The fourth-order valence-electron chi connectivity index (χ4n) is 3.89. The van der Waals surface area contributed by atoms with Gasteiger partial charge in [-0.05, 0) is 37.1 Å². The number of urea groups is 1. The highest BCUT2D eigenvalue weighted by Crippen LogP contribution is 2.36. The molecule has 3 atom stereocenters. The lowest BCUT2D eigenvalue weighted by Crippen LogP contribution is -2.68. The molecule has 2 aliphatic heterocycles. The lowest BCUT2D eigenvalue weighted by molar-refractivity contribution is -0.131. The van der Waals surface area contributed by atoms with Crippen LogP contribution in [0.4, 0.5) is 4.79 Å². The highest BCUT2D eigenvalue weighted by molar-refractivity contribution is 5.99. The van der Waals surface area contributed by atoms with E-state index in [2.05, 4.69) is 10.6 Å². The lowest BCUT2D eigenvalue weighted by Gasteiger charge is -2.46. The topological polar surface area (TPSA) is 74.6 Å². The number of benzene rings is 1. The van der Waals surface area contributed by atoms with E-state index in [-0.39, 0.29) is 29.9 Å². The third-order valence-corrected chi connectivity index (χ3v) is 5.10. The van der Waals surface area contributed by atoms with Gasteiger partial charge >= 0.3 is 6.03 Å². The van der Waals surface area contributed by atoms with E-state index < -0.39 is 0 Å². The van der Waals surface area contributed by atoms with Crippen LogP contribution in [0.25, 0.3) is 0 Å². The molecule has 2 saturated heterocycles. The molecule has 2 aliphatic rings. The van der Waals surface area contributed by atoms with Gasteiger partial charge in [-0.1, -0.05) is 30.3 Å². The fraction of sp³-hybridized carbons (Fsp3) is 0.368. The monoisotopic (exact) mass is 339 g/mol. The molecular formula is C19H21N3O3. The molecule has 3 heterocycles. The SMILES string of the molecule is O=C1NC(=O)N(CCc2ccccc2)C2NCCC(c3ccco3)C12. The summed E-state index contributed by atoms with van der Waals surface area (Å²) in [5.41, 5.74) is 1.17. The number of nitrogens with one attached hydrogen (secondary N) is 2. The summed E-state index contributed by atoms with van der Waals surface area (Å²) >= 11 is 0. The summed E-state index contributed by atoms with van der Waals surface area (Å²) in [6, 6.07) is 13.5. The molecule has 25 heavy (non-hydrogen) atoms. The van der Waals surface area contributed by atoms with Gasteiger partial charge in [-0.25, -0.2) is 4.79 Å². The van der Waals surface area contributed by atoms with Crippen LogP contribution in [0.1, 0.15) is 23.7 Å².